The van der Waals surface area contributed by atoms with E-state index in [0.29, 0.717) is 0 Å². The van der Waals surface area contributed by atoms with Crippen molar-refractivity contribution in [3.63, 3.8) is 0 Å². The van der Waals surface area contributed by atoms with E-state index < -0.39 is 0 Å². The van der Waals surface area contributed by atoms with Crippen LogP contribution < -0.4 is 5.32 Å². The van der Waals surface area contributed by atoms with Gasteiger partial charge in [0, 0.05) is 7.05 Å². The molecule has 0 spiro atoms. The van der Waals surface area contributed by atoms with Crippen molar-refractivity contribution >= 4 is 22.8 Å². The van der Waals surface area contributed by atoms with Gasteiger partial charge in [-0.3, -0.25) is 0 Å². The van der Waals surface area contributed by atoms with Crippen LogP contribution in [0.15, 0.2) is 24.3 Å². The first-order valence-electron chi connectivity index (χ1n) is 7.43. The third kappa shape index (κ3) is 4.25. The van der Waals surface area contributed by atoms with Gasteiger partial charge in [0.2, 0.25) is 0 Å². The molecule has 0 aliphatic heterocycles. The molecule has 0 aliphatic carbocycles. The average Bonchev–Trinajstić information content (AvgIpc) is 2.79. The number of hydrogen-bond donors (Lipinski definition) is 1. The quantitative estimate of drug-likeness (QED) is 0.716. The maximum Gasteiger partial charge on any atom is 0.123 e. The molecule has 2 rings (SSSR count). The molecule has 0 amide bonds. The van der Waals surface area contributed by atoms with E-state index >= 15 is 0 Å². The van der Waals surface area contributed by atoms with E-state index in [1.54, 1.807) is 0 Å². The van der Waals surface area contributed by atoms with Crippen molar-refractivity contribution in [2.24, 2.45) is 7.05 Å². The van der Waals surface area contributed by atoms with E-state index in [9.17, 15) is 0 Å². The number of thioether (sulfide) groups is 1. The van der Waals surface area contributed by atoms with Crippen LogP contribution in [-0.2, 0) is 13.6 Å². The fourth-order valence-corrected chi connectivity index (χ4v) is 2.90. The molecular formula is C16H25N3S. The fourth-order valence-electron chi connectivity index (χ4n) is 2.40. The number of hydrogen-bond acceptors (Lipinski definition) is 3. The van der Waals surface area contributed by atoms with E-state index in [0.717, 1.165) is 24.4 Å². The highest BCUT2D eigenvalue weighted by atomic mass is 32.2. The molecule has 3 nitrogen and oxygen atoms in total. The number of aromatic nitrogens is 2. The predicted octanol–water partition coefficient (Wildman–Crippen LogP) is 3.59. The maximum absolute atomic E-state index is 4.67. The Bertz CT molecular complexity index is 521. The van der Waals surface area contributed by atoms with Crippen LogP contribution in [0.25, 0.3) is 11.0 Å². The van der Waals surface area contributed by atoms with Gasteiger partial charge in [-0.1, -0.05) is 25.0 Å². The third-order valence-corrected chi connectivity index (χ3v) is 4.31. The molecule has 4 heteroatoms. The van der Waals surface area contributed by atoms with Gasteiger partial charge in [0.1, 0.15) is 5.82 Å². The minimum absolute atomic E-state index is 0.857. The van der Waals surface area contributed by atoms with Gasteiger partial charge in [-0.15, -0.1) is 0 Å². The molecule has 0 atom stereocenters. The lowest BCUT2D eigenvalue weighted by Gasteiger charge is -2.05. The normalized spacial score (nSPS) is 11.3. The highest BCUT2D eigenvalue weighted by molar-refractivity contribution is 7.98. The molecule has 1 N–H and O–H groups in total. The van der Waals surface area contributed by atoms with Crippen molar-refractivity contribution < 1.29 is 0 Å². The van der Waals surface area contributed by atoms with Crippen molar-refractivity contribution in [2.45, 2.75) is 32.2 Å². The van der Waals surface area contributed by atoms with Gasteiger partial charge < -0.3 is 9.88 Å². The summed E-state index contributed by atoms with van der Waals surface area (Å²) in [4.78, 5) is 4.67. The van der Waals surface area contributed by atoms with Crippen LogP contribution in [0, 0.1) is 0 Å². The summed E-state index contributed by atoms with van der Waals surface area (Å²) >= 11 is 1.94. The Morgan fingerprint density at radius 1 is 1.15 bits per heavy atom. The second-order valence-electron chi connectivity index (χ2n) is 5.16. The minimum Gasteiger partial charge on any atom is -0.330 e. The van der Waals surface area contributed by atoms with Crippen molar-refractivity contribution in [1.29, 1.82) is 0 Å². The van der Waals surface area contributed by atoms with E-state index in [-0.39, 0.29) is 0 Å². The number of benzene rings is 1. The Morgan fingerprint density at radius 2 is 1.95 bits per heavy atom. The topological polar surface area (TPSA) is 29.9 Å². The van der Waals surface area contributed by atoms with Crippen molar-refractivity contribution in [2.75, 3.05) is 18.6 Å². The van der Waals surface area contributed by atoms with Gasteiger partial charge in [-0.2, -0.15) is 11.8 Å². The van der Waals surface area contributed by atoms with Gasteiger partial charge >= 0.3 is 0 Å². The number of para-hydroxylation sites is 2. The summed E-state index contributed by atoms with van der Waals surface area (Å²) in [5.74, 6) is 2.42. The fraction of sp³-hybridized carbons (Fsp3) is 0.562. The Morgan fingerprint density at radius 3 is 2.75 bits per heavy atom. The molecule has 1 aromatic carbocycles. The molecule has 2 aromatic rings. The zero-order chi connectivity index (χ0) is 14.2. The molecule has 0 radical (unpaired) electrons. The lowest BCUT2D eigenvalue weighted by atomic mass is 10.2. The summed E-state index contributed by atoms with van der Waals surface area (Å²) in [6, 6.07) is 8.30. The summed E-state index contributed by atoms with van der Waals surface area (Å²) in [6.45, 7) is 1.94. The molecule has 0 aliphatic rings. The molecule has 0 bridgehead atoms. The zero-order valence-electron chi connectivity index (χ0n) is 12.6. The second-order valence-corrected chi connectivity index (χ2v) is 6.15. The van der Waals surface area contributed by atoms with Crippen LogP contribution in [-0.4, -0.2) is 28.1 Å². The van der Waals surface area contributed by atoms with E-state index in [4.69, 9.17) is 0 Å². The molecule has 1 heterocycles. The molecule has 0 saturated heterocycles. The number of unbranched alkanes of at least 4 members (excludes halogenated alkanes) is 3. The molecule has 0 fully saturated rings. The van der Waals surface area contributed by atoms with Crippen LogP contribution in [0.4, 0.5) is 0 Å². The predicted molar refractivity (Wildman–Crippen MR) is 89.3 cm³/mol. The Kier molecular flexibility index (Phi) is 6.40. The second kappa shape index (κ2) is 8.32. The summed E-state index contributed by atoms with van der Waals surface area (Å²) in [5.41, 5.74) is 2.30. The number of rotatable bonds is 9. The Labute approximate surface area is 126 Å². The first-order valence-corrected chi connectivity index (χ1v) is 8.82. The Balaban J connectivity index is 1.69. The van der Waals surface area contributed by atoms with Crippen LogP contribution in [0.3, 0.4) is 0 Å². The van der Waals surface area contributed by atoms with E-state index in [1.165, 1.54) is 37.0 Å². The Hall–Kier alpha value is -1.00. The highest BCUT2D eigenvalue weighted by Crippen LogP contribution is 2.13. The number of nitrogens with zero attached hydrogens (tertiary/aromatic N) is 2. The van der Waals surface area contributed by atoms with Crippen LogP contribution in [0.2, 0.25) is 0 Å². The molecular weight excluding hydrogens is 266 g/mol. The average molecular weight is 291 g/mol. The maximum atomic E-state index is 4.67. The van der Waals surface area contributed by atoms with Gasteiger partial charge in [0.25, 0.3) is 0 Å². The molecule has 1 aromatic heterocycles. The first-order chi connectivity index (χ1) is 9.83. The van der Waals surface area contributed by atoms with Gasteiger partial charge in [0.05, 0.1) is 17.6 Å². The van der Waals surface area contributed by atoms with Crippen molar-refractivity contribution in [1.82, 2.24) is 14.9 Å². The largest absolute Gasteiger partial charge is 0.330 e. The van der Waals surface area contributed by atoms with Gasteiger partial charge in [0.15, 0.2) is 0 Å². The van der Waals surface area contributed by atoms with Crippen LogP contribution in [0.5, 0.6) is 0 Å². The van der Waals surface area contributed by atoms with E-state index in [1.807, 2.05) is 17.8 Å². The SMILES string of the molecule is CSCCCCCCNCc1nc2ccccc2n1C. The van der Waals surface area contributed by atoms with Crippen molar-refractivity contribution in [3.05, 3.63) is 30.1 Å². The zero-order valence-corrected chi connectivity index (χ0v) is 13.4. The minimum atomic E-state index is 0.857. The van der Waals surface area contributed by atoms with Gasteiger partial charge in [-0.25, -0.2) is 4.98 Å². The third-order valence-electron chi connectivity index (χ3n) is 3.61. The standard InChI is InChI=1S/C16H25N3S/c1-19-15-10-6-5-9-14(15)18-16(19)13-17-11-7-3-4-8-12-20-2/h5-6,9-10,17H,3-4,7-8,11-13H2,1-2H3. The van der Waals surface area contributed by atoms with Gasteiger partial charge in [-0.05, 0) is 43.5 Å². The first kappa shape index (κ1) is 15.4. The summed E-state index contributed by atoms with van der Waals surface area (Å²) in [6.07, 6.45) is 7.48. The van der Waals surface area contributed by atoms with Crippen molar-refractivity contribution in [3.8, 4) is 0 Å². The van der Waals surface area contributed by atoms with Crippen LogP contribution in [0.1, 0.15) is 31.5 Å². The highest BCUT2D eigenvalue weighted by Gasteiger charge is 2.05. The monoisotopic (exact) mass is 291 g/mol. The smallest absolute Gasteiger partial charge is 0.123 e. The summed E-state index contributed by atoms with van der Waals surface area (Å²) in [5, 5.41) is 3.51. The molecule has 110 valence electrons. The lowest BCUT2D eigenvalue weighted by Crippen LogP contribution is -2.17. The number of aryl methyl sites for hydroxylation is 1. The lowest BCUT2D eigenvalue weighted by molar-refractivity contribution is 0.582. The number of imidazole rings is 1. The molecule has 20 heavy (non-hydrogen) atoms. The summed E-state index contributed by atoms with van der Waals surface area (Å²) < 4.78 is 2.18. The van der Waals surface area contributed by atoms with Crippen LogP contribution >= 0.6 is 11.8 Å². The number of nitrogens with one attached hydrogen (secondary N) is 1. The summed E-state index contributed by atoms with van der Waals surface area (Å²) in [7, 11) is 2.09. The number of fused-ring (bicyclic) bond motifs is 1. The van der Waals surface area contributed by atoms with E-state index in [2.05, 4.69) is 46.4 Å². The molecule has 0 unspecified atom stereocenters. The molecule has 0 saturated carbocycles.